The van der Waals surface area contributed by atoms with Gasteiger partial charge in [0.05, 0.1) is 10.7 Å². The van der Waals surface area contributed by atoms with Crippen LogP contribution in [0.2, 0.25) is 0 Å². The molecule has 158 valence electrons. The molecule has 0 saturated carbocycles. The summed E-state index contributed by atoms with van der Waals surface area (Å²) in [6, 6.07) is 7.58. The first-order valence-corrected chi connectivity index (χ1v) is 11.6. The number of para-hydroxylation sites is 1. The van der Waals surface area contributed by atoms with Gasteiger partial charge in [0.25, 0.3) is 0 Å². The van der Waals surface area contributed by atoms with Crippen molar-refractivity contribution >= 4 is 33.2 Å². The first-order chi connectivity index (χ1) is 12.6. The Morgan fingerprint density at radius 1 is 1.04 bits per heavy atom. The van der Waals surface area contributed by atoms with Gasteiger partial charge in [-0.2, -0.15) is 10.0 Å². The molecule has 28 heavy (non-hydrogen) atoms. The summed E-state index contributed by atoms with van der Waals surface area (Å²) >= 11 is 0. The summed E-state index contributed by atoms with van der Waals surface area (Å²) in [6.45, 7) is 19.2. The second-order valence-electron chi connectivity index (χ2n) is 9.44. The van der Waals surface area contributed by atoms with Crippen molar-refractivity contribution < 1.29 is 5.11 Å². The minimum absolute atomic E-state index is 0. The Morgan fingerprint density at radius 3 is 2.14 bits per heavy atom. The molecule has 1 aromatic carbocycles. The van der Waals surface area contributed by atoms with E-state index in [1.807, 2.05) is 18.2 Å². The van der Waals surface area contributed by atoms with E-state index in [2.05, 4.69) is 57.2 Å². The largest absolute Gasteiger partial charge is 0.507 e. The van der Waals surface area contributed by atoms with E-state index in [9.17, 15) is 5.11 Å². The van der Waals surface area contributed by atoms with Gasteiger partial charge in [-0.05, 0) is 17.5 Å². The summed E-state index contributed by atoms with van der Waals surface area (Å²) in [5, 5.41) is 17.6. The molecule has 0 aromatic heterocycles. The smallest absolute Gasteiger partial charge is 0.124 e. The molecule has 2 aliphatic heterocycles. The van der Waals surface area contributed by atoms with Crippen LogP contribution in [0.4, 0.5) is 0 Å². The second-order valence-corrected chi connectivity index (χ2v) is 13.9. The van der Waals surface area contributed by atoms with Crippen molar-refractivity contribution in [2.24, 2.45) is 4.99 Å². The summed E-state index contributed by atoms with van der Waals surface area (Å²) in [4.78, 5) is 7.72. The molecule has 0 spiro atoms. The number of nitrogens with one attached hydrogen (secondary N) is 1. The van der Waals surface area contributed by atoms with E-state index in [-0.39, 0.29) is 21.9 Å². The van der Waals surface area contributed by atoms with Crippen molar-refractivity contribution in [2.75, 3.05) is 32.7 Å². The van der Waals surface area contributed by atoms with Gasteiger partial charge in [0.1, 0.15) is 5.75 Å². The molecule has 0 unspecified atom stereocenters. The van der Waals surface area contributed by atoms with Crippen LogP contribution in [0.25, 0.3) is 5.70 Å². The monoisotopic (exact) mass is 425 g/mol. The maximum absolute atomic E-state index is 10.4. The number of phenols is 1. The second kappa shape index (κ2) is 8.39. The first kappa shape index (κ1) is 23.3. The molecule has 0 bridgehead atoms. The number of benzene rings is 1. The molecule has 6 heteroatoms. The Kier molecular flexibility index (Phi) is 6.97. The van der Waals surface area contributed by atoms with Gasteiger partial charge >= 0.3 is 0 Å². The van der Waals surface area contributed by atoms with Crippen LogP contribution in [-0.2, 0) is 0 Å². The predicted octanol–water partition coefficient (Wildman–Crippen LogP) is 4.83. The van der Waals surface area contributed by atoms with E-state index in [0.717, 1.165) is 44.0 Å². The molecule has 1 fully saturated rings. The Hall–Kier alpha value is -1.01. The maximum atomic E-state index is 10.4. The molecule has 0 amide bonds. The van der Waals surface area contributed by atoms with Crippen LogP contribution < -0.4 is 5.32 Å². The number of halogens is 1. The molecule has 0 atom stereocenters. The highest BCUT2D eigenvalue weighted by atomic mass is 35.5. The lowest BCUT2D eigenvalue weighted by Crippen LogP contribution is -2.49. The zero-order chi connectivity index (χ0) is 19.9. The van der Waals surface area contributed by atoms with Crippen LogP contribution >= 0.6 is 22.4 Å². The Labute approximate surface area is 178 Å². The summed E-state index contributed by atoms with van der Waals surface area (Å²) in [6.07, 6.45) is 0. The third-order valence-electron chi connectivity index (χ3n) is 5.59. The van der Waals surface area contributed by atoms with E-state index < -0.39 is 10.0 Å². The highest BCUT2D eigenvalue weighted by Crippen LogP contribution is 2.73. The highest BCUT2D eigenvalue weighted by Gasteiger charge is 2.50. The SMILES string of the molecule is CC(C)(C)S1(C(C)(C)C)C=C(c2ccccc2O)N=C1CN1CCNCC1.Cl. The van der Waals surface area contributed by atoms with Crippen molar-refractivity contribution in [3.8, 4) is 5.75 Å². The van der Waals surface area contributed by atoms with Crippen LogP contribution in [0.3, 0.4) is 0 Å². The van der Waals surface area contributed by atoms with E-state index in [1.54, 1.807) is 6.07 Å². The number of aromatic hydroxyl groups is 1. The standard InChI is InChI=1S/C22H35N3OS.ClH/c1-21(2,3)27(22(4,5)6)16-18(17-9-7-8-10-19(17)26)24-20(27)15-25-13-11-23-12-14-25;/h7-10,16,23,26H,11-15H2,1-6H3;1H. The summed E-state index contributed by atoms with van der Waals surface area (Å²) in [7, 11) is -1.33. The third-order valence-corrected chi connectivity index (χ3v) is 11.0. The Bertz CT molecular complexity index is 742. The minimum Gasteiger partial charge on any atom is -0.507 e. The van der Waals surface area contributed by atoms with Crippen LogP contribution in [0.15, 0.2) is 34.7 Å². The average molecular weight is 426 g/mol. The van der Waals surface area contributed by atoms with E-state index in [0.29, 0.717) is 5.75 Å². The quantitative estimate of drug-likeness (QED) is 0.728. The normalized spacial score (nSPS) is 21.5. The number of piperazine rings is 1. The lowest BCUT2D eigenvalue weighted by Gasteiger charge is -2.56. The molecule has 2 aliphatic rings. The van der Waals surface area contributed by atoms with Crippen LogP contribution in [0, 0.1) is 0 Å². The van der Waals surface area contributed by atoms with Crippen molar-refractivity contribution in [2.45, 2.75) is 51.0 Å². The average Bonchev–Trinajstić information content (AvgIpc) is 2.96. The molecule has 3 rings (SSSR count). The Morgan fingerprint density at radius 2 is 1.61 bits per heavy atom. The van der Waals surface area contributed by atoms with Gasteiger partial charge in [-0.15, -0.1) is 12.4 Å². The number of aliphatic imine (C=N–C) groups is 1. The first-order valence-electron chi connectivity index (χ1n) is 9.89. The summed E-state index contributed by atoms with van der Waals surface area (Å²) in [5.74, 6) is 0.312. The van der Waals surface area contributed by atoms with Crippen molar-refractivity contribution in [3.63, 3.8) is 0 Å². The zero-order valence-corrected chi connectivity index (χ0v) is 19.7. The van der Waals surface area contributed by atoms with Crippen LogP contribution in [-0.4, -0.2) is 57.3 Å². The number of rotatable bonds is 3. The van der Waals surface area contributed by atoms with Crippen molar-refractivity contribution in [3.05, 3.63) is 35.2 Å². The van der Waals surface area contributed by atoms with Gasteiger partial charge in [-0.1, -0.05) is 53.7 Å². The van der Waals surface area contributed by atoms with E-state index in [4.69, 9.17) is 4.99 Å². The summed E-state index contributed by atoms with van der Waals surface area (Å²) in [5.41, 5.74) is 1.79. The number of phenolic OH excluding ortho intramolecular Hbond substituents is 1. The topological polar surface area (TPSA) is 47.9 Å². The fraction of sp³-hybridized carbons (Fsp3) is 0.591. The zero-order valence-electron chi connectivity index (χ0n) is 18.1. The van der Waals surface area contributed by atoms with Crippen molar-refractivity contribution in [1.29, 1.82) is 0 Å². The fourth-order valence-electron chi connectivity index (χ4n) is 4.46. The predicted molar refractivity (Wildman–Crippen MR) is 127 cm³/mol. The molecule has 1 aromatic rings. The van der Waals surface area contributed by atoms with Gasteiger partial charge in [0.15, 0.2) is 0 Å². The van der Waals surface area contributed by atoms with Gasteiger partial charge in [0, 0.05) is 47.8 Å². The molecule has 0 aliphatic carbocycles. The number of hydrogen-bond donors (Lipinski definition) is 2. The van der Waals surface area contributed by atoms with E-state index in [1.165, 1.54) is 5.04 Å². The molecule has 1 saturated heterocycles. The maximum Gasteiger partial charge on any atom is 0.124 e. The summed E-state index contributed by atoms with van der Waals surface area (Å²) < 4.78 is 0.175. The van der Waals surface area contributed by atoms with Gasteiger partial charge in [0.2, 0.25) is 0 Å². The molecule has 4 nitrogen and oxygen atoms in total. The fourth-order valence-corrected chi connectivity index (χ4v) is 9.70. The number of nitrogens with zero attached hydrogens (tertiary/aromatic N) is 2. The molecule has 0 radical (unpaired) electrons. The minimum atomic E-state index is -1.33. The van der Waals surface area contributed by atoms with Crippen LogP contribution in [0.1, 0.15) is 47.1 Å². The number of hydrogen-bond acceptors (Lipinski definition) is 4. The third kappa shape index (κ3) is 4.13. The Balaban J connectivity index is 0.00000280. The van der Waals surface area contributed by atoms with Crippen molar-refractivity contribution in [1.82, 2.24) is 10.2 Å². The van der Waals surface area contributed by atoms with Gasteiger partial charge < -0.3 is 10.4 Å². The molecule has 2 N–H and O–H groups in total. The lowest BCUT2D eigenvalue weighted by molar-refractivity contribution is 0.273. The van der Waals surface area contributed by atoms with Gasteiger partial charge in [-0.3, -0.25) is 4.90 Å². The molecular weight excluding hydrogens is 390 g/mol. The molecular formula is C22H36ClN3OS. The lowest BCUT2D eigenvalue weighted by atomic mass is 10.1. The van der Waals surface area contributed by atoms with Crippen LogP contribution in [0.5, 0.6) is 5.75 Å². The highest BCUT2D eigenvalue weighted by molar-refractivity contribution is 8.49. The van der Waals surface area contributed by atoms with Gasteiger partial charge in [-0.25, -0.2) is 4.99 Å². The molecule has 2 heterocycles. The van der Waals surface area contributed by atoms with E-state index >= 15 is 0 Å².